The second-order valence-corrected chi connectivity index (χ2v) is 6.14. The fourth-order valence-electron chi connectivity index (χ4n) is 2.07. The number of allylic oxidation sites excluding steroid dienone is 1. The Morgan fingerprint density at radius 2 is 2.17 bits per heavy atom. The number of carbonyl (C=O) groups is 2. The van der Waals surface area contributed by atoms with E-state index in [2.05, 4.69) is 5.32 Å². The van der Waals surface area contributed by atoms with Gasteiger partial charge in [-0.05, 0) is 22.9 Å². The lowest BCUT2D eigenvalue weighted by molar-refractivity contribution is -0.122. The van der Waals surface area contributed by atoms with Gasteiger partial charge in [0.05, 0.1) is 5.00 Å². The van der Waals surface area contributed by atoms with Crippen LogP contribution < -0.4 is 5.32 Å². The molecule has 0 aliphatic heterocycles. The number of hydrogen-bond donors (Lipinski definition) is 2. The Morgan fingerprint density at radius 1 is 1.44 bits per heavy atom. The Kier molecular flexibility index (Phi) is 3.26. The fourth-order valence-corrected chi connectivity index (χ4v) is 2.68. The van der Waals surface area contributed by atoms with Gasteiger partial charge in [0, 0.05) is 12.8 Å². The molecule has 1 aliphatic rings. The van der Waals surface area contributed by atoms with Crippen LogP contribution in [0, 0.1) is 5.41 Å². The van der Waals surface area contributed by atoms with E-state index in [1.165, 1.54) is 11.3 Å². The quantitative estimate of drug-likeness (QED) is 0.808. The summed E-state index contributed by atoms with van der Waals surface area (Å²) in [6, 6.07) is 3.55. The van der Waals surface area contributed by atoms with Crippen LogP contribution in [0.4, 0.5) is 5.00 Å². The number of rotatable bonds is 2. The standard InChI is InChI=1S/C13H15NO3S/c1-13(2)6-8(15)11(9(16)7-13)12(17)14-10-4-3-5-18-10/h3-5,15H,6-7H2,1-2H3,(H,14,17). The van der Waals surface area contributed by atoms with Crippen LogP contribution in [0.1, 0.15) is 26.7 Å². The predicted molar refractivity (Wildman–Crippen MR) is 70.6 cm³/mol. The Labute approximate surface area is 109 Å². The van der Waals surface area contributed by atoms with Crippen molar-refractivity contribution in [2.24, 2.45) is 5.41 Å². The average molecular weight is 265 g/mol. The molecule has 1 amide bonds. The highest BCUT2D eigenvalue weighted by molar-refractivity contribution is 7.14. The molecule has 1 heterocycles. The first-order valence-corrected chi connectivity index (χ1v) is 6.57. The molecule has 2 rings (SSSR count). The maximum Gasteiger partial charge on any atom is 0.263 e. The minimum absolute atomic E-state index is 0.0947. The number of aliphatic hydroxyl groups is 1. The molecule has 96 valence electrons. The molecule has 0 unspecified atom stereocenters. The van der Waals surface area contributed by atoms with Gasteiger partial charge in [-0.1, -0.05) is 13.8 Å². The highest BCUT2D eigenvalue weighted by atomic mass is 32.1. The van der Waals surface area contributed by atoms with E-state index in [1.807, 2.05) is 19.2 Å². The predicted octanol–water partition coefficient (Wildman–Crippen LogP) is 2.89. The first kappa shape index (κ1) is 12.8. The van der Waals surface area contributed by atoms with Crippen LogP contribution in [0.3, 0.4) is 0 Å². The topological polar surface area (TPSA) is 66.4 Å². The van der Waals surface area contributed by atoms with Crippen molar-refractivity contribution in [2.75, 3.05) is 5.32 Å². The van der Waals surface area contributed by atoms with Gasteiger partial charge >= 0.3 is 0 Å². The Bertz CT molecular complexity index is 514. The van der Waals surface area contributed by atoms with E-state index in [1.54, 1.807) is 12.1 Å². The van der Waals surface area contributed by atoms with Gasteiger partial charge in [0.2, 0.25) is 0 Å². The molecule has 5 heteroatoms. The van der Waals surface area contributed by atoms with Gasteiger partial charge < -0.3 is 10.4 Å². The summed E-state index contributed by atoms with van der Waals surface area (Å²) < 4.78 is 0. The molecular weight excluding hydrogens is 250 g/mol. The molecule has 2 N–H and O–H groups in total. The third kappa shape index (κ3) is 2.61. The van der Waals surface area contributed by atoms with E-state index in [-0.39, 0.29) is 29.0 Å². The monoisotopic (exact) mass is 265 g/mol. The zero-order chi connectivity index (χ0) is 13.3. The maximum atomic E-state index is 12.0. The highest BCUT2D eigenvalue weighted by Gasteiger charge is 2.36. The molecule has 0 saturated heterocycles. The van der Waals surface area contributed by atoms with E-state index in [0.717, 1.165) is 0 Å². The molecule has 4 nitrogen and oxygen atoms in total. The minimum atomic E-state index is -0.518. The first-order valence-electron chi connectivity index (χ1n) is 5.69. The molecule has 0 aromatic carbocycles. The van der Waals surface area contributed by atoms with Gasteiger partial charge in [0.25, 0.3) is 5.91 Å². The first-order chi connectivity index (χ1) is 8.39. The van der Waals surface area contributed by atoms with E-state index in [0.29, 0.717) is 11.4 Å². The lowest BCUT2D eigenvalue weighted by Gasteiger charge is -2.28. The SMILES string of the molecule is CC1(C)CC(=O)C(C(=O)Nc2cccs2)=C(O)C1. The van der Waals surface area contributed by atoms with Crippen molar-refractivity contribution in [3.8, 4) is 0 Å². The smallest absolute Gasteiger partial charge is 0.263 e. The number of aliphatic hydroxyl groups excluding tert-OH is 1. The number of amides is 1. The van der Waals surface area contributed by atoms with E-state index in [4.69, 9.17) is 0 Å². The molecule has 0 saturated carbocycles. The highest BCUT2D eigenvalue weighted by Crippen LogP contribution is 2.36. The molecule has 0 atom stereocenters. The Morgan fingerprint density at radius 3 is 2.72 bits per heavy atom. The van der Waals surface area contributed by atoms with E-state index >= 15 is 0 Å². The number of thiophene rings is 1. The van der Waals surface area contributed by atoms with E-state index in [9.17, 15) is 14.7 Å². The van der Waals surface area contributed by atoms with Crippen LogP contribution in [0.5, 0.6) is 0 Å². The van der Waals surface area contributed by atoms with E-state index < -0.39 is 5.91 Å². The second kappa shape index (κ2) is 4.57. The zero-order valence-corrected chi connectivity index (χ0v) is 11.1. The largest absolute Gasteiger partial charge is 0.511 e. The van der Waals surface area contributed by atoms with Gasteiger partial charge in [-0.2, -0.15) is 0 Å². The van der Waals surface area contributed by atoms with Crippen LogP contribution in [0.25, 0.3) is 0 Å². The van der Waals surface area contributed by atoms with Crippen molar-refractivity contribution < 1.29 is 14.7 Å². The molecule has 1 aromatic rings. The summed E-state index contributed by atoms with van der Waals surface area (Å²) in [6.45, 7) is 3.80. The summed E-state index contributed by atoms with van der Waals surface area (Å²) in [4.78, 5) is 23.9. The Balaban J connectivity index is 2.22. The second-order valence-electron chi connectivity index (χ2n) is 5.19. The number of carbonyl (C=O) groups excluding carboxylic acids is 2. The van der Waals surface area contributed by atoms with Gasteiger partial charge in [-0.25, -0.2) is 0 Å². The van der Waals surface area contributed by atoms with Gasteiger partial charge in [-0.3, -0.25) is 9.59 Å². The Hall–Kier alpha value is -1.62. The number of nitrogens with one attached hydrogen (secondary N) is 1. The van der Waals surface area contributed by atoms with Gasteiger partial charge in [0.1, 0.15) is 11.3 Å². The number of Topliss-reactive ketones (excluding diaryl/α,β-unsaturated/α-hetero) is 1. The molecular formula is C13H15NO3S. The zero-order valence-electron chi connectivity index (χ0n) is 10.3. The summed E-state index contributed by atoms with van der Waals surface area (Å²) in [5, 5.41) is 15.0. The lowest BCUT2D eigenvalue weighted by Crippen LogP contribution is -2.31. The number of anilines is 1. The normalized spacial score (nSPS) is 18.9. The fraction of sp³-hybridized carbons (Fsp3) is 0.385. The minimum Gasteiger partial charge on any atom is -0.511 e. The van der Waals surface area contributed by atoms with Crippen molar-refractivity contribution in [3.05, 3.63) is 28.8 Å². The molecule has 18 heavy (non-hydrogen) atoms. The third-order valence-corrected chi connectivity index (χ3v) is 3.62. The van der Waals surface area contributed by atoms with Crippen molar-refractivity contribution in [1.82, 2.24) is 0 Å². The molecule has 1 aromatic heterocycles. The van der Waals surface area contributed by atoms with Crippen LogP contribution in [-0.2, 0) is 9.59 Å². The molecule has 0 spiro atoms. The summed E-state index contributed by atoms with van der Waals surface area (Å²) in [5.74, 6) is -0.918. The summed E-state index contributed by atoms with van der Waals surface area (Å²) in [5.41, 5.74) is -0.379. The maximum absolute atomic E-state index is 12.0. The number of hydrogen-bond acceptors (Lipinski definition) is 4. The van der Waals surface area contributed by atoms with Crippen LogP contribution in [0.2, 0.25) is 0 Å². The van der Waals surface area contributed by atoms with Crippen LogP contribution in [0.15, 0.2) is 28.8 Å². The van der Waals surface area contributed by atoms with Crippen molar-refractivity contribution in [3.63, 3.8) is 0 Å². The van der Waals surface area contributed by atoms with Gasteiger partial charge in [-0.15, -0.1) is 11.3 Å². The summed E-state index contributed by atoms with van der Waals surface area (Å²) in [7, 11) is 0. The molecule has 1 aliphatic carbocycles. The van der Waals surface area contributed by atoms with Crippen LogP contribution in [-0.4, -0.2) is 16.8 Å². The molecule has 0 fully saturated rings. The van der Waals surface area contributed by atoms with Crippen molar-refractivity contribution in [1.29, 1.82) is 0 Å². The van der Waals surface area contributed by atoms with Crippen LogP contribution >= 0.6 is 11.3 Å². The molecule has 0 bridgehead atoms. The molecule has 0 radical (unpaired) electrons. The number of ketones is 1. The van der Waals surface area contributed by atoms with Crippen molar-refractivity contribution >= 4 is 28.0 Å². The third-order valence-electron chi connectivity index (χ3n) is 2.84. The summed E-state index contributed by atoms with van der Waals surface area (Å²) >= 11 is 1.37. The average Bonchev–Trinajstić information content (AvgIpc) is 2.66. The van der Waals surface area contributed by atoms with Crippen molar-refractivity contribution in [2.45, 2.75) is 26.7 Å². The summed E-state index contributed by atoms with van der Waals surface area (Å²) in [6.07, 6.45) is 0.635. The lowest BCUT2D eigenvalue weighted by atomic mass is 9.76. The van der Waals surface area contributed by atoms with Gasteiger partial charge in [0.15, 0.2) is 5.78 Å².